The van der Waals surface area contributed by atoms with E-state index >= 15 is 0 Å². The maximum absolute atomic E-state index is 12.1. The van der Waals surface area contributed by atoms with Gasteiger partial charge >= 0.3 is 0 Å². The molecular weight excluding hydrogens is 224 g/mol. The van der Waals surface area contributed by atoms with Crippen LogP contribution in [0.25, 0.3) is 0 Å². The third-order valence-electron chi connectivity index (χ3n) is 3.73. The van der Waals surface area contributed by atoms with Crippen molar-refractivity contribution in [2.75, 3.05) is 33.2 Å². The molecule has 0 unspecified atom stereocenters. The topological polar surface area (TPSA) is 23.6 Å². The Morgan fingerprint density at radius 3 is 2.50 bits per heavy atom. The molecule has 0 radical (unpaired) electrons. The molecule has 98 valence electrons. The number of hydrogen-bond donors (Lipinski definition) is 0. The Morgan fingerprint density at radius 2 is 1.83 bits per heavy atom. The highest BCUT2D eigenvalue weighted by molar-refractivity contribution is 5.76. The van der Waals surface area contributed by atoms with Gasteiger partial charge in [-0.2, -0.15) is 0 Å². The molecule has 3 heteroatoms. The minimum atomic E-state index is 0.298. The average molecular weight is 246 g/mol. The van der Waals surface area contributed by atoms with Crippen molar-refractivity contribution in [1.29, 1.82) is 0 Å². The minimum Gasteiger partial charge on any atom is -0.340 e. The van der Waals surface area contributed by atoms with E-state index in [4.69, 9.17) is 0 Å². The lowest BCUT2D eigenvalue weighted by molar-refractivity contribution is -0.132. The molecule has 1 aliphatic heterocycles. The molecule has 0 aliphatic carbocycles. The van der Waals surface area contributed by atoms with Crippen LogP contribution in [0.2, 0.25) is 0 Å². The van der Waals surface area contributed by atoms with Crippen molar-refractivity contribution in [2.45, 2.75) is 19.8 Å². The Labute approximate surface area is 109 Å². The Balaban J connectivity index is 1.83. The molecule has 1 aromatic rings. The maximum atomic E-state index is 12.1. The van der Waals surface area contributed by atoms with Gasteiger partial charge in [-0.3, -0.25) is 4.79 Å². The van der Waals surface area contributed by atoms with Crippen LogP contribution >= 0.6 is 0 Å². The lowest BCUT2D eigenvalue weighted by Crippen LogP contribution is -2.47. The van der Waals surface area contributed by atoms with Crippen LogP contribution in [0.5, 0.6) is 0 Å². The Hall–Kier alpha value is -1.35. The van der Waals surface area contributed by atoms with Crippen LogP contribution in [0, 0.1) is 6.92 Å². The molecule has 0 spiro atoms. The van der Waals surface area contributed by atoms with Crippen LogP contribution in [-0.2, 0) is 11.2 Å². The zero-order valence-electron chi connectivity index (χ0n) is 11.4. The van der Waals surface area contributed by atoms with Crippen molar-refractivity contribution in [3.05, 3.63) is 35.4 Å². The summed E-state index contributed by atoms with van der Waals surface area (Å²) in [6, 6.07) is 8.31. The number of carbonyl (C=O) groups excluding carboxylic acids is 1. The molecule has 18 heavy (non-hydrogen) atoms. The van der Waals surface area contributed by atoms with E-state index in [0.717, 1.165) is 32.6 Å². The average Bonchev–Trinajstić information content (AvgIpc) is 2.38. The fourth-order valence-electron chi connectivity index (χ4n) is 2.35. The fraction of sp³-hybridized carbons (Fsp3) is 0.533. The van der Waals surface area contributed by atoms with E-state index in [1.165, 1.54) is 11.1 Å². The van der Waals surface area contributed by atoms with E-state index in [1.54, 1.807) is 0 Å². The van der Waals surface area contributed by atoms with E-state index in [0.29, 0.717) is 12.3 Å². The Morgan fingerprint density at radius 1 is 1.17 bits per heavy atom. The van der Waals surface area contributed by atoms with E-state index in [9.17, 15) is 4.79 Å². The summed E-state index contributed by atoms with van der Waals surface area (Å²) in [5, 5.41) is 0. The standard InChI is InChI=1S/C15H22N2O/c1-13-5-3-4-6-14(13)7-8-15(18)17-11-9-16(2)10-12-17/h3-6H,7-12H2,1-2H3. The Kier molecular flexibility index (Phi) is 4.37. The van der Waals surface area contributed by atoms with Crippen LogP contribution in [0.3, 0.4) is 0 Å². The molecule has 1 heterocycles. The fourth-order valence-corrected chi connectivity index (χ4v) is 2.35. The van der Waals surface area contributed by atoms with Crippen molar-refractivity contribution in [1.82, 2.24) is 9.80 Å². The zero-order chi connectivity index (χ0) is 13.0. The van der Waals surface area contributed by atoms with Crippen LogP contribution in [0.15, 0.2) is 24.3 Å². The third kappa shape index (κ3) is 3.33. The number of hydrogen-bond acceptors (Lipinski definition) is 2. The SMILES string of the molecule is Cc1ccccc1CCC(=O)N1CCN(C)CC1. The van der Waals surface area contributed by atoms with Gasteiger partial charge in [-0.25, -0.2) is 0 Å². The third-order valence-corrected chi connectivity index (χ3v) is 3.73. The molecule has 1 aromatic carbocycles. The molecule has 0 N–H and O–H groups in total. The molecule has 0 saturated carbocycles. The van der Waals surface area contributed by atoms with Gasteiger partial charge in [0.15, 0.2) is 0 Å². The first-order valence-corrected chi connectivity index (χ1v) is 6.67. The second-order valence-corrected chi connectivity index (χ2v) is 5.11. The van der Waals surface area contributed by atoms with Gasteiger partial charge in [-0.15, -0.1) is 0 Å². The van der Waals surface area contributed by atoms with Crippen molar-refractivity contribution in [2.24, 2.45) is 0 Å². The summed E-state index contributed by atoms with van der Waals surface area (Å²) in [6.45, 7) is 5.86. The van der Waals surface area contributed by atoms with Crippen LogP contribution in [0.1, 0.15) is 17.5 Å². The number of rotatable bonds is 3. The van der Waals surface area contributed by atoms with Gasteiger partial charge in [0.25, 0.3) is 0 Å². The van der Waals surface area contributed by atoms with E-state index in [1.807, 2.05) is 17.0 Å². The van der Waals surface area contributed by atoms with Crippen LogP contribution in [0.4, 0.5) is 0 Å². The number of aryl methyl sites for hydroxylation is 2. The van der Waals surface area contributed by atoms with Crippen LogP contribution < -0.4 is 0 Å². The van der Waals surface area contributed by atoms with E-state index < -0.39 is 0 Å². The van der Waals surface area contributed by atoms with Gasteiger partial charge in [0.05, 0.1) is 0 Å². The molecule has 1 saturated heterocycles. The van der Waals surface area contributed by atoms with Gasteiger partial charge in [0.2, 0.25) is 5.91 Å². The molecule has 1 amide bonds. The molecular formula is C15H22N2O. The normalized spacial score (nSPS) is 16.9. The zero-order valence-corrected chi connectivity index (χ0v) is 11.4. The van der Waals surface area contributed by atoms with Crippen molar-refractivity contribution in [3.8, 4) is 0 Å². The van der Waals surface area contributed by atoms with Gasteiger partial charge < -0.3 is 9.80 Å². The number of carbonyl (C=O) groups is 1. The summed E-state index contributed by atoms with van der Waals surface area (Å²) >= 11 is 0. The molecule has 2 rings (SSSR count). The Bertz CT molecular complexity index is 409. The van der Waals surface area contributed by atoms with Gasteiger partial charge in [-0.05, 0) is 31.5 Å². The lowest BCUT2D eigenvalue weighted by atomic mass is 10.0. The monoisotopic (exact) mass is 246 g/mol. The summed E-state index contributed by atoms with van der Waals surface area (Å²) in [6.07, 6.45) is 1.49. The predicted molar refractivity (Wildman–Crippen MR) is 73.6 cm³/mol. The first kappa shape index (κ1) is 13.1. The largest absolute Gasteiger partial charge is 0.340 e. The molecule has 0 atom stereocenters. The molecule has 1 fully saturated rings. The van der Waals surface area contributed by atoms with Crippen molar-refractivity contribution in [3.63, 3.8) is 0 Å². The number of piperazine rings is 1. The first-order chi connectivity index (χ1) is 8.66. The molecule has 3 nitrogen and oxygen atoms in total. The number of likely N-dealkylation sites (N-methyl/N-ethyl adjacent to an activating group) is 1. The summed E-state index contributed by atoms with van der Waals surface area (Å²) in [7, 11) is 2.11. The molecule has 1 aliphatic rings. The number of amides is 1. The van der Waals surface area contributed by atoms with Crippen molar-refractivity contribution < 1.29 is 4.79 Å². The molecule has 0 bridgehead atoms. The lowest BCUT2D eigenvalue weighted by Gasteiger charge is -2.32. The first-order valence-electron chi connectivity index (χ1n) is 6.67. The molecule has 0 aromatic heterocycles. The second-order valence-electron chi connectivity index (χ2n) is 5.11. The summed E-state index contributed by atoms with van der Waals surface area (Å²) in [5.41, 5.74) is 2.57. The highest BCUT2D eigenvalue weighted by Crippen LogP contribution is 2.11. The van der Waals surface area contributed by atoms with E-state index in [-0.39, 0.29) is 0 Å². The second kappa shape index (κ2) is 6.01. The van der Waals surface area contributed by atoms with Gasteiger partial charge in [-0.1, -0.05) is 24.3 Å². The maximum Gasteiger partial charge on any atom is 0.222 e. The highest BCUT2D eigenvalue weighted by atomic mass is 16.2. The van der Waals surface area contributed by atoms with Gasteiger partial charge in [0, 0.05) is 32.6 Å². The van der Waals surface area contributed by atoms with E-state index in [2.05, 4.69) is 31.0 Å². The summed E-state index contributed by atoms with van der Waals surface area (Å²) in [5.74, 6) is 0.298. The van der Waals surface area contributed by atoms with Crippen molar-refractivity contribution >= 4 is 5.91 Å². The minimum absolute atomic E-state index is 0.298. The summed E-state index contributed by atoms with van der Waals surface area (Å²) < 4.78 is 0. The number of benzene rings is 1. The predicted octanol–water partition coefficient (Wildman–Crippen LogP) is 1.70. The quantitative estimate of drug-likeness (QED) is 0.810. The summed E-state index contributed by atoms with van der Waals surface area (Å²) in [4.78, 5) is 16.4. The smallest absolute Gasteiger partial charge is 0.222 e. The highest BCUT2D eigenvalue weighted by Gasteiger charge is 2.18. The van der Waals surface area contributed by atoms with Crippen LogP contribution in [-0.4, -0.2) is 48.9 Å². The van der Waals surface area contributed by atoms with Gasteiger partial charge in [0.1, 0.15) is 0 Å². The number of nitrogens with zero attached hydrogens (tertiary/aromatic N) is 2.